The lowest BCUT2D eigenvalue weighted by molar-refractivity contribution is 0.0696. The molecule has 2 heterocycles. The molecule has 0 fully saturated rings. The summed E-state index contributed by atoms with van der Waals surface area (Å²) in [6, 6.07) is 3.42. The van der Waals surface area contributed by atoms with Crippen molar-refractivity contribution in [3.63, 3.8) is 0 Å². The van der Waals surface area contributed by atoms with Crippen LogP contribution < -0.4 is 0 Å². The fraction of sp³-hybridized carbons (Fsp3) is 0.100. The fourth-order valence-electron chi connectivity index (χ4n) is 1.31. The van der Waals surface area contributed by atoms with Gasteiger partial charge in [-0.3, -0.25) is 4.98 Å². The summed E-state index contributed by atoms with van der Waals surface area (Å²) in [6.07, 6.45) is 1.57. The molecule has 0 aliphatic heterocycles. The summed E-state index contributed by atoms with van der Waals surface area (Å²) in [4.78, 5) is 15.1. The maximum Gasteiger partial charge on any atom is 0.341 e. The van der Waals surface area contributed by atoms with E-state index in [4.69, 9.17) is 9.63 Å². The summed E-state index contributed by atoms with van der Waals surface area (Å²) in [6.45, 7) is 1.58. The molecule has 16 heavy (non-hydrogen) atoms. The second kappa shape index (κ2) is 4.05. The Morgan fingerprint density at radius 1 is 1.50 bits per heavy atom. The summed E-state index contributed by atoms with van der Waals surface area (Å²) in [7, 11) is 0. The number of hydrogen-bond donors (Lipinski definition) is 1. The molecule has 0 aliphatic rings. The predicted molar refractivity (Wildman–Crippen MR) is 59.1 cm³/mol. The van der Waals surface area contributed by atoms with Gasteiger partial charge in [-0.25, -0.2) is 4.79 Å². The van der Waals surface area contributed by atoms with Crippen LogP contribution in [0.4, 0.5) is 0 Å². The molecule has 0 aromatic carbocycles. The van der Waals surface area contributed by atoms with Crippen LogP contribution in [0.25, 0.3) is 11.5 Å². The Balaban J connectivity index is 2.56. The van der Waals surface area contributed by atoms with Crippen LogP contribution in [-0.4, -0.2) is 21.2 Å². The van der Waals surface area contributed by atoms with Gasteiger partial charge in [0.15, 0.2) is 5.76 Å². The van der Waals surface area contributed by atoms with Gasteiger partial charge in [-0.1, -0.05) is 5.16 Å². The van der Waals surface area contributed by atoms with Crippen LogP contribution >= 0.6 is 15.9 Å². The SMILES string of the molecule is Cc1noc(-c2ccc(Br)cn2)c1C(=O)O. The monoisotopic (exact) mass is 282 g/mol. The van der Waals surface area contributed by atoms with Crippen LogP contribution in [0.3, 0.4) is 0 Å². The van der Waals surface area contributed by atoms with E-state index in [2.05, 4.69) is 26.1 Å². The van der Waals surface area contributed by atoms with E-state index in [1.165, 1.54) is 0 Å². The van der Waals surface area contributed by atoms with E-state index < -0.39 is 5.97 Å². The molecular formula is C10H7BrN2O3. The van der Waals surface area contributed by atoms with Crippen molar-refractivity contribution in [1.82, 2.24) is 10.1 Å². The average molecular weight is 283 g/mol. The summed E-state index contributed by atoms with van der Waals surface area (Å²) >= 11 is 3.25. The molecule has 2 rings (SSSR count). The van der Waals surface area contributed by atoms with Crippen LogP contribution in [-0.2, 0) is 0 Å². The molecule has 0 saturated carbocycles. The summed E-state index contributed by atoms with van der Waals surface area (Å²) in [5.41, 5.74) is 0.836. The van der Waals surface area contributed by atoms with E-state index in [9.17, 15) is 4.79 Å². The van der Waals surface area contributed by atoms with E-state index in [1.807, 2.05) is 0 Å². The van der Waals surface area contributed by atoms with Crippen molar-refractivity contribution < 1.29 is 14.4 Å². The molecule has 2 aromatic heterocycles. The average Bonchev–Trinajstić information content (AvgIpc) is 2.61. The molecule has 0 unspecified atom stereocenters. The molecule has 0 atom stereocenters. The molecule has 0 amide bonds. The van der Waals surface area contributed by atoms with E-state index in [0.29, 0.717) is 11.4 Å². The van der Waals surface area contributed by atoms with Crippen molar-refractivity contribution in [2.75, 3.05) is 0 Å². The number of aromatic carboxylic acids is 1. The second-order valence-electron chi connectivity index (χ2n) is 3.14. The normalized spacial score (nSPS) is 10.4. The second-order valence-corrected chi connectivity index (χ2v) is 4.05. The quantitative estimate of drug-likeness (QED) is 0.916. The third kappa shape index (κ3) is 1.83. The molecule has 82 valence electrons. The predicted octanol–water partition coefficient (Wildman–Crippen LogP) is 2.51. The Kier molecular flexibility index (Phi) is 2.74. The third-order valence-electron chi connectivity index (χ3n) is 2.04. The number of aromatic nitrogens is 2. The van der Waals surface area contributed by atoms with Crippen molar-refractivity contribution in [3.05, 3.63) is 34.1 Å². The Morgan fingerprint density at radius 3 is 2.81 bits per heavy atom. The minimum absolute atomic E-state index is 0.0508. The number of carbonyl (C=O) groups is 1. The first kappa shape index (κ1) is 10.8. The van der Waals surface area contributed by atoms with Gasteiger partial charge in [-0.05, 0) is 35.0 Å². The zero-order chi connectivity index (χ0) is 11.7. The van der Waals surface area contributed by atoms with Crippen LogP contribution in [0.2, 0.25) is 0 Å². The highest BCUT2D eigenvalue weighted by molar-refractivity contribution is 9.10. The Labute approximate surface area is 99.2 Å². The molecule has 0 aliphatic carbocycles. The van der Waals surface area contributed by atoms with Crippen molar-refractivity contribution in [3.8, 4) is 11.5 Å². The van der Waals surface area contributed by atoms with Crippen molar-refractivity contribution in [2.24, 2.45) is 0 Å². The fourth-order valence-corrected chi connectivity index (χ4v) is 1.54. The zero-order valence-electron chi connectivity index (χ0n) is 8.27. The van der Waals surface area contributed by atoms with Gasteiger partial charge in [-0.2, -0.15) is 0 Å². The number of carboxylic acid groups (broad SMARTS) is 1. The number of hydrogen-bond acceptors (Lipinski definition) is 4. The Bertz CT molecular complexity index is 533. The lowest BCUT2D eigenvalue weighted by atomic mass is 10.1. The van der Waals surface area contributed by atoms with Crippen LogP contribution in [0, 0.1) is 6.92 Å². The van der Waals surface area contributed by atoms with Gasteiger partial charge in [0, 0.05) is 10.7 Å². The highest BCUT2D eigenvalue weighted by Gasteiger charge is 2.21. The highest BCUT2D eigenvalue weighted by atomic mass is 79.9. The lowest BCUT2D eigenvalue weighted by Crippen LogP contribution is -1.99. The van der Waals surface area contributed by atoms with Gasteiger partial charge >= 0.3 is 5.97 Å². The standard InChI is InChI=1S/C10H7BrN2O3/c1-5-8(10(14)15)9(16-13-5)7-3-2-6(11)4-12-7/h2-4H,1H3,(H,14,15). The lowest BCUT2D eigenvalue weighted by Gasteiger charge is -1.97. The van der Waals surface area contributed by atoms with Gasteiger partial charge in [0.1, 0.15) is 11.3 Å². The molecule has 6 heteroatoms. The van der Waals surface area contributed by atoms with E-state index in [-0.39, 0.29) is 11.3 Å². The number of aryl methyl sites for hydroxylation is 1. The summed E-state index contributed by atoms with van der Waals surface area (Å²) in [5, 5.41) is 12.6. The molecule has 0 radical (unpaired) electrons. The zero-order valence-corrected chi connectivity index (χ0v) is 9.85. The van der Waals surface area contributed by atoms with Crippen molar-refractivity contribution in [1.29, 1.82) is 0 Å². The van der Waals surface area contributed by atoms with Gasteiger partial charge in [-0.15, -0.1) is 0 Å². The van der Waals surface area contributed by atoms with E-state index >= 15 is 0 Å². The number of halogens is 1. The highest BCUT2D eigenvalue weighted by Crippen LogP contribution is 2.25. The number of pyridine rings is 1. The smallest absolute Gasteiger partial charge is 0.341 e. The number of rotatable bonds is 2. The van der Waals surface area contributed by atoms with E-state index in [0.717, 1.165) is 4.47 Å². The minimum Gasteiger partial charge on any atom is -0.477 e. The Hall–Kier alpha value is -1.69. The van der Waals surface area contributed by atoms with Crippen molar-refractivity contribution in [2.45, 2.75) is 6.92 Å². The first-order valence-electron chi connectivity index (χ1n) is 4.41. The maximum atomic E-state index is 11.0. The number of nitrogens with zero attached hydrogens (tertiary/aromatic N) is 2. The maximum absolute atomic E-state index is 11.0. The van der Waals surface area contributed by atoms with Gasteiger partial charge < -0.3 is 9.63 Å². The van der Waals surface area contributed by atoms with E-state index in [1.54, 1.807) is 25.3 Å². The molecular weight excluding hydrogens is 276 g/mol. The third-order valence-corrected chi connectivity index (χ3v) is 2.51. The van der Waals surface area contributed by atoms with Crippen LogP contribution in [0.5, 0.6) is 0 Å². The molecule has 0 saturated heterocycles. The van der Waals surface area contributed by atoms with Crippen molar-refractivity contribution >= 4 is 21.9 Å². The molecule has 2 aromatic rings. The minimum atomic E-state index is -1.07. The summed E-state index contributed by atoms with van der Waals surface area (Å²) in [5.74, 6) is -0.893. The molecule has 5 nitrogen and oxygen atoms in total. The largest absolute Gasteiger partial charge is 0.477 e. The first-order valence-corrected chi connectivity index (χ1v) is 5.20. The summed E-state index contributed by atoms with van der Waals surface area (Å²) < 4.78 is 5.78. The van der Waals surface area contributed by atoms with Gasteiger partial charge in [0.05, 0.1) is 5.69 Å². The molecule has 0 spiro atoms. The first-order chi connectivity index (χ1) is 7.59. The Morgan fingerprint density at radius 2 is 2.25 bits per heavy atom. The molecule has 0 bridgehead atoms. The molecule has 1 N–H and O–H groups in total. The number of carboxylic acids is 1. The van der Waals surface area contributed by atoms with Crippen LogP contribution in [0.1, 0.15) is 16.1 Å². The van der Waals surface area contributed by atoms with Crippen LogP contribution in [0.15, 0.2) is 27.3 Å². The van der Waals surface area contributed by atoms with Gasteiger partial charge in [0.25, 0.3) is 0 Å². The van der Waals surface area contributed by atoms with Gasteiger partial charge in [0.2, 0.25) is 0 Å². The topological polar surface area (TPSA) is 76.2 Å².